The molecule has 2 rings (SSSR count). The number of hydrogen-bond acceptors (Lipinski definition) is 3. The van der Waals surface area contributed by atoms with Gasteiger partial charge in [0.2, 0.25) is 5.91 Å². The van der Waals surface area contributed by atoms with Crippen molar-refractivity contribution in [2.75, 3.05) is 13.2 Å². The van der Waals surface area contributed by atoms with Gasteiger partial charge in [0.25, 0.3) is 5.91 Å². The number of benzene rings is 2. The first-order valence-electron chi connectivity index (χ1n) is 10.5. The van der Waals surface area contributed by atoms with Gasteiger partial charge in [-0.3, -0.25) is 9.59 Å². The fourth-order valence-corrected chi connectivity index (χ4v) is 3.21. The molecular formula is C24H31ClN2O3. The summed E-state index contributed by atoms with van der Waals surface area (Å²) in [5, 5.41) is 3.49. The number of carbonyl (C=O) groups is 2. The molecule has 0 radical (unpaired) electrons. The lowest BCUT2D eigenvalue weighted by molar-refractivity contribution is -0.142. The molecule has 162 valence electrons. The Morgan fingerprint density at radius 3 is 2.47 bits per heavy atom. The number of aryl methyl sites for hydroxylation is 1. The molecule has 0 fully saturated rings. The van der Waals surface area contributed by atoms with E-state index in [-0.39, 0.29) is 25.0 Å². The Morgan fingerprint density at radius 1 is 1.10 bits per heavy atom. The predicted octanol–water partition coefficient (Wildman–Crippen LogP) is 4.61. The second-order valence-corrected chi connectivity index (χ2v) is 7.69. The molecule has 1 atom stereocenters. The molecule has 2 aromatic rings. The topological polar surface area (TPSA) is 58.6 Å². The van der Waals surface area contributed by atoms with Crippen LogP contribution in [0.25, 0.3) is 0 Å². The van der Waals surface area contributed by atoms with Crippen LogP contribution in [-0.4, -0.2) is 35.9 Å². The SMILES string of the molecule is CCCCNC(=O)C(C)N(Cc1cccc(Cl)c1)C(=O)COc1ccc(CC)cc1. The maximum atomic E-state index is 13.0. The zero-order valence-corrected chi connectivity index (χ0v) is 18.7. The number of nitrogens with zero attached hydrogens (tertiary/aromatic N) is 1. The van der Waals surface area contributed by atoms with Gasteiger partial charge in [-0.2, -0.15) is 0 Å². The fraction of sp³-hybridized carbons (Fsp3) is 0.417. The van der Waals surface area contributed by atoms with Crippen LogP contribution in [0.15, 0.2) is 48.5 Å². The molecule has 1 N–H and O–H groups in total. The van der Waals surface area contributed by atoms with Gasteiger partial charge in [0, 0.05) is 18.1 Å². The summed E-state index contributed by atoms with van der Waals surface area (Å²) in [5.41, 5.74) is 2.06. The summed E-state index contributed by atoms with van der Waals surface area (Å²) in [6.45, 7) is 6.62. The standard InChI is InChI=1S/C24H31ClN2O3/c1-4-6-14-26-24(29)18(3)27(16-20-8-7-9-21(25)15-20)23(28)17-30-22-12-10-19(5-2)11-13-22/h7-13,15,18H,4-6,14,16-17H2,1-3H3,(H,26,29). The molecule has 0 saturated heterocycles. The van der Waals surface area contributed by atoms with Crippen LogP contribution >= 0.6 is 11.6 Å². The summed E-state index contributed by atoms with van der Waals surface area (Å²) in [6, 6.07) is 14.3. The number of unbranched alkanes of at least 4 members (excludes halogenated alkanes) is 1. The summed E-state index contributed by atoms with van der Waals surface area (Å²) < 4.78 is 5.69. The van der Waals surface area contributed by atoms with Crippen LogP contribution < -0.4 is 10.1 Å². The van der Waals surface area contributed by atoms with Gasteiger partial charge in [-0.25, -0.2) is 0 Å². The summed E-state index contributed by atoms with van der Waals surface area (Å²) in [4.78, 5) is 27.1. The quantitative estimate of drug-likeness (QED) is 0.529. The van der Waals surface area contributed by atoms with Crippen LogP contribution in [0.1, 0.15) is 44.7 Å². The minimum Gasteiger partial charge on any atom is -0.484 e. The minimum absolute atomic E-state index is 0.140. The molecule has 6 heteroatoms. The molecule has 0 aliphatic heterocycles. The molecule has 2 aromatic carbocycles. The number of halogens is 1. The first-order chi connectivity index (χ1) is 14.4. The Kier molecular flexibility index (Phi) is 9.68. The van der Waals surface area contributed by atoms with Gasteiger partial charge in [0.1, 0.15) is 11.8 Å². The third-order valence-corrected chi connectivity index (χ3v) is 5.17. The maximum absolute atomic E-state index is 13.0. The Bertz CT molecular complexity index is 823. The van der Waals surface area contributed by atoms with Crippen molar-refractivity contribution >= 4 is 23.4 Å². The second kappa shape index (κ2) is 12.2. The summed E-state index contributed by atoms with van der Waals surface area (Å²) in [6.07, 6.45) is 2.83. The lowest BCUT2D eigenvalue weighted by Gasteiger charge is -2.28. The number of ether oxygens (including phenoxy) is 1. The van der Waals surface area contributed by atoms with E-state index < -0.39 is 6.04 Å². The van der Waals surface area contributed by atoms with E-state index >= 15 is 0 Å². The van der Waals surface area contributed by atoms with Crippen molar-refractivity contribution in [3.05, 3.63) is 64.7 Å². The highest BCUT2D eigenvalue weighted by molar-refractivity contribution is 6.30. The Labute approximate surface area is 184 Å². The fourth-order valence-electron chi connectivity index (χ4n) is 3.00. The predicted molar refractivity (Wildman–Crippen MR) is 121 cm³/mol. The van der Waals surface area contributed by atoms with E-state index in [2.05, 4.69) is 19.2 Å². The van der Waals surface area contributed by atoms with Gasteiger partial charge in [-0.05, 0) is 55.2 Å². The van der Waals surface area contributed by atoms with Gasteiger partial charge >= 0.3 is 0 Å². The van der Waals surface area contributed by atoms with Crippen LogP contribution in [0.2, 0.25) is 5.02 Å². The molecule has 0 aromatic heterocycles. The molecule has 0 spiro atoms. The number of hydrogen-bond donors (Lipinski definition) is 1. The summed E-state index contributed by atoms with van der Waals surface area (Å²) in [7, 11) is 0. The van der Waals surface area contributed by atoms with E-state index in [1.807, 2.05) is 36.4 Å². The van der Waals surface area contributed by atoms with Crippen molar-refractivity contribution in [2.24, 2.45) is 0 Å². The van der Waals surface area contributed by atoms with E-state index in [9.17, 15) is 9.59 Å². The van der Waals surface area contributed by atoms with Crippen molar-refractivity contribution in [3.8, 4) is 5.75 Å². The van der Waals surface area contributed by atoms with E-state index in [4.69, 9.17) is 16.3 Å². The third kappa shape index (κ3) is 7.38. The van der Waals surface area contributed by atoms with Crippen LogP contribution in [0.4, 0.5) is 0 Å². The largest absolute Gasteiger partial charge is 0.484 e. The first-order valence-corrected chi connectivity index (χ1v) is 10.9. The molecule has 30 heavy (non-hydrogen) atoms. The monoisotopic (exact) mass is 430 g/mol. The maximum Gasteiger partial charge on any atom is 0.261 e. The number of carbonyl (C=O) groups excluding carboxylic acids is 2. The molecule has 2 amide bonds. The van der Waals surface area contributed by atoms with Crippen molar-refractivity contribution in [1.29, 1.82) is 0 Å². The van der Waals surface area contributed by atoms with Gasteiger partial charge in [-0.15, -0.1) is 0 Å². The van der Waals surface area contributed by atoms with Crippen molar-refractivity contribution < 1.29 is 14.3 Å². The van der Waals surface area contributed by atoms with Crippen molar-refractivity contribution in [2.45, 2.75) is 52.6 Å². The lowest BCUT2D eigenvalue weighted by Crippen LogP contribution is -2.49. The smallest absolute Gasteiger partial charge is 0.261 e. The van der Waals surface area contributed by atoms with E-state index in [1.165, 1.54) is 10.5 Å². The van der Waals surface area contributed by atoms with Gasteiger partial charge in [0.05, 0.1) is 0 Å². The molecule has 0 heterocycles. The molecule has 1 unspecified atom stereocenters. The third-order valence-electron chi connectivity index (χ3n) is 4.93. The van der Waals surface area contributed by atoms with E-state index in [0.717, 1.165) is 24.8 Å². The lowest BCUT2D eigenvalue weighted by atomic mass is 10.1. The Hall–Kier alpha value is -2.53. The van der Waals surface area contributed by atoms with Crippen LogP contribution in [0.5, 0.6) is 5.75 Å². The molecule has 0 aliphatic rings. The minimum atomic E-state index is -0.626. The van der Waals surface area contributed by atoms with E-state index in [0.29, 0.717) is 17.3 Å². The zero-order chi connectivity index (χ0) is 21.9. The molecule has 5 nitrogen and oxygen atoms in total. The molecule has 0 bridgehead atoms. The van der Waals surface area contributed by atoms with Crippen molar-refractivity contribution in [1.82, 2.24) is 10.2 Å². The van der Waals surface area contributed by atoms with Crippen LogP contribution in [-0.2, 0) is 22.6 Å². The Morgan fingerprint density at radius 2 is 1.83 bits per heavy atom. The number of nitrogens with one attached hydrogen (secondary N) is 1. The van der Waals surface area contributed by atoms with Crippen LogP contribution in [0, 0.1) is 0 Å². The molecule has 0 saturated carbocycles. The number of amides is 2. The van der Waals surface area contributed by atoms with Gasteiger partial charge < -0.3 is 15.0 Å². The molecular weight excluding hydrogens is 400 g/mol. The van der Waals surface area contributed by atoms with E-state index in [1.54, 1.807) is 19.1 Å². The van der Waals surface area contributed by atoms with Crippen molar-refractivity contribution in [3.63, 3.8) is 0 Å². The zero-order valence-electron chi connectivity index (χ0n) is 18.0. The summed E-state index contributed by atoms with van der Waals surface area (Å²) >= 11 is 6.09. The first kappa shape index (κ1) is 23.7. The highest BCUT2D eigenvalue weighted by Crippen LogP contribution is 2.16. The number of rotatable bonds is 11. The average molecular weight is 431 g/mol. The highest BCUT2D eigenvalue weighted by Gasteiger charge is 2.26. The molecule has 0 aliphatic carbocycles. The van der Waals surface area contributed by atoms with Gasteiger partial charge in [-0.1, -0.05) is 56.1 Å². The Balaban J connectivity index is 2.09. The van der Waals surface area contributed by atoms with Gasteiger partial charge in [0.15, 0.2) is 6.61 Å². The van der Waals surface area contributed by atoms with Crippen LogP contribution in [0.3, 0.4) is 0 Å². The highest BCUT2D eigenvalue weighted by atomic mass is 35.5. The normalized spacial score (nSPS) is 11.6. The summed E-state index contributed by atoms with van der Waals surface area (Å²) in [5.74, 6) is 0.196. The second-order valence-electron chi connectivity index (χ2n) is 7.26. The average Bonchev–Trinajstić information content (AvgIpc) is 2.75.